The smallest absolute Gasteiger partial charge is 0.226 e. The van der Waals surface area contributed by atoms with Crippen molar-refractivity contribution in [3.63, 3.8) is 0 Å². The van der Waals surface area contributed by atoms with E-state index in [4.69, 9.17) is 0 Å². The molecular weight excluding hydrogens is 276 g/mol. The molecular formula is C17H26N4O. The molecule has 0 saturated heterocycles. The molecule has 1 aliphatic carbocycles. The number of aromatic nitrogens is 3. The Balaban J connectivity index is 0.00000176. The second-order valence-electron chi connectivity index (χ2n) is 6.33. The number of anilines is 1. The number of carbonyl (C=O) groups is 1. The Labute approximate surface area is 132 Å². The van der Waals surface area contributed by atoms with Gasteiger partial charge < -0.3 is 0 Å². The van der Waals surface area contributed by atoms with E-state index in [1.54, 1.807) is 0 Å². The first kappa shape index (κ1) is 16.5. The topological polar surface area (TPSA) is 59.8 Å². The molecule has 2 aromatic rings. The third-order valence-electron chi connectivity index (χ3n) is 3.96. The first-order chi connectivity index (χ1) is 10.0. The number of aryl methyl sites for hydroxylation is 1. The molecule has 5 heteroatoms. The van der Waals surface area contributed by atoms with E-state index in [0.717, 1.165) is 29.7 Å². The minimum absolute atomic E-state index is 0. The highest BCUT2D eigenvalue weighted by Crippen LogP contribution is 2.36. The number of rotatable bonds is 4. The average molecular weight is 302 g/mol. The molecule has 1 N–H and O–H groups in total. The zero-order valence-corrected chi connectivity index (χ0v) is 12.9. The molecule has 0 aliphatic heterocycles. The van der Waals surface area contributed by atoms with Gasteiger partial charge in [-0.25, -0.2) is 9.97 Å². The molecule has 2 aromatic heterocycles. The largest absolute Gasteiger partial charge is 0.296 e. The fourth-order valence-electron chi connectivity index (χ4n) is 2.69. The number of nitrogens with zero attached hydrogens (tertiary/aromatic N) is 3. The van der Waals surface area contributed by atoms with Crippen LogP contribution in [0.5, 0.6) is 0 Å². The number of fused-ring (bicyclic) bond motifs is 1. The van der Waals surface area contributed by atoms with Crippen molar-refractivity contribution in [3.8, 4) is 0 Å². The van der Waals surface area contributed by atoms with E-state index in [-0.39, 0.29) is 13.3 Å². The molecule has 3 rings (SSSR count). The van der Waals surface area contributed by atoms with Crippen LogP contribution >= 0.6 is 0 Å². The maximum absolute atomic E-state index is 12.1. The van der Waals surface area contributed by atoms with Crippen LogP contribution in [0.15, 0.2) is 12.1 Å². The van der Waals surface area contributed by atoms with E-state index in [2.05, 4.69) is 19.9 Å². The Morgan fingerprint density at radius 3 is 2.68 bits per heavy atom. The van der Waals surface area contributed by atoms with Crippen LogP contribution < -0.4 is 5.32 Å². The molecule has 120 valence electrons. The second kappa shape index (κ2) is 6.46. The highest BCUT2D eigenvalue weighted by molar-refractivity contribution is 5.91. The zero-order chi connectivity index (χ0) is 15.0. The van der Waals surface area contributed by atoms with Crippen molar-refractivity contribution in [2.45, 2.75) is 59.9 Å². The van der Waals surface area contributed by atoms with Gasteiger partial charge in [0.25, 0.3) is 0 Å². The van der Waals surface area contributed by atoms with Crippen LogP contribution in [0.1, 0.15) is 58.7 Å². The summed E-state index contributed by atoms with van der Waals surface area (Å²) in [5.41, 5.74) is 2.72. The number of imidazole rings is 1. The summed E-state index contributed by atoms with van der Waals surface area (Å²) < 4.78 is 2.12. The molecule has 5 nitrogen and oxygen atoms in total. The van der Waals surface area contributed by atoms with Crippen molar-refractivity contribution in [1.82, 2.24) is 14.5 Å². The van der Waals surface area contributed by atoms with E-state index < -0.39 is 0 Å². The number of pyridine rings is 1. The molecule has 1 fully saturated rings. The van der Waals surface area contributed by atoms with Crippen LogP contribution in [-0.4, -0.2) is 20.4 Å². The fourth-order valence-corrected chi connectivity index (χ4v) is 2.69. The lowest BCUT2D eigenvalue weighted by Crippen LogP contribution is -2.23. The Bertz CT molecular complexity index is 671. The molecule has 0 radical (unpaired) electrons. The van der Waals surface area contributed by atoms with Gasteiger partial charge in [0.15, 0.2) is 5.65 Å². The van der Waals surface area contributed by atoms with Crippen LogP contribution in [-0.2, 0) is 4.79 Å². The van der Waals surface area contributed by atoms with Crippen LogP contribution in [0.2, 0.25) is 0 Å². The SMILES string of the molecule is C.Cc1ccc2nc(NC(=O)CC(C)C)n(C3CCC3)c2n1. The minimum atomic E-state index is 0. The Kier molecular flexibility index (Phi) is 4.84. The highest BCUT2D eigenvalue weighted by Gasteiger charge is 2.26. The fraction of sp³-hybridized carbons (Fsp3) is 0.588. The first-order valence-electron chi connectivity index (χ1n) is 7.70. The Morgan fingerprint density at radius 1 is 1.36 bits per heavy atom. The van der Waals surface area contributed by atoms with Crippen molar-refractivity contribution in [2.75, 3.05) is 5.32 Å². The quantitative estimate of drug-likeness (QED) is 0.925. The summed E-state index contributed by atoms with van der Waals surface area (Å²) in [6.07, 6.45) is 4.01. The summed E-state index contributed by atoms with van der Waals surface area (Å²) in [4.78, 5) is 21.3. The van der Waals surface area contributed by atoms with Gasteiger partial charge in [0.05, 0.1) is 0 Å². The molecule has 0 spiro atoms. The van der Waals surface area contributed by atoms with E-state index in [0.29, 0.717) is 24.3 Å². The van der Waals surface area contributed by atoms with Crippen molar-refractivity contribution in [3.05, 3.63) is 17.8 Å². The number of nitrogens with one attached hydrogen (secondary N) is 1. The predicted molar refractivity (Wildman–Crippen MR) is 90.0 cm³/mol. The number of hydrogen-bond acceptors (Lipinski definition) is 3. The summed E-state index contributed by atoms with van der Waals surface area (Å²) in [5, 5.41) is 2.97. The highest BCUT2D eigenvalue weighted by atomic mass is 16.1. The van der Waals surface area contributed by atoms with E-state index in [1.807, 2.05) is 32.9 Å². The van der Waals surface area contributed by atoms with Gasteiger partial charge in [-0.1, -0.05) is 21.3 Å². The van der Waals surface area contributed by atoms with Gasteiger partial charge in [0.1, 0.15) is 5.52 Å². The molecule has 0 unspecified atom stereocenters. The van der Waals surface area contributed by atoms with Crippen LogP contribution in [0.3, 0.4) is 0 Å². The number of amides is 1. The van der Waals surface area contributed by atoms with Gasteiger partial charge in [-0.2, -0.15) is 0 Å². The predicted octanol–water partition coefficient (Wildman–Crippen LogP) is 4.09. The van der Waals surface area contributed by atoms with Gasteiger partial charge in [-0.15, -0.1) is 0 Å². The molecule has 22 heavy (non-hydrogen) atoms. The monoisotopic (exact) mass is 302 g/mol. The van der Waals surface area contributed by atoms with Gasteiger partial charge in [-0.3, -0.25) is 14.7 Å². The van der Waals surface area contributed by atoms with E-state index in [1.165, 1.54) is 6.42 Å². The normalized spacial score (nSPS) is 14.7. The maximum Gasteiger partial charge on any atom is 0.226 e. The van der Waals surface area contributed by atoms with Crippen LogP contribution in [0.25, 0.3) is 11.2 Å². The van der Waals surface area contributed by atoms with Crippen molar-refractivity contribution in [2.24, 2.45) is 5.92 Å². The molecule has 1 saturated carbocycles. The van der Waals surface area contributed by atoms with E-state index in [9.17, 15) is 4.79 Å². The van der Waals surface area contributed by atoms with Crippen LogP contribution in [0, 0.1) is 12.8 Å². The lowest BCUT2D eigenvalue weighted by atomic mass is 9.93. The summed E-state index contributed by atoms with van der Waals surface area (Å²) in [7, 11) is 0. The summed E-state index contributed by atoms with van der Waals surface area (Å²) in [6, 6.07) is 4.35. The van der Waals surface area contributed by atoms with E-state index >= 15 is 0 Å². The van der Waals surface area contributed by atoms with Crippen molar-refractivity contribution >= 4 is 23.0 Å². The average Bonchev–Trinajstić information content (AvgIpc) is 2.64. The zero-order valence-electron chi connectivity index (χ0n) is 12.9. The van der Waals surface area contributed by atoms with Gasteiger partial charge in [0.2, 0.25) is 11.9 Å². The summed E-state index contributed by atoms with van der Waals surface area (Å²) in [6.45, 7) is 6.06. The maximum atomic E-state index is 12.1. The van der Waals surface area contributed by atoms with Gasteiger partial charge in [-0.05, 0) is 44.2 Å². The number of carbonyl (C=O) groups excluding carboxylic acids is 1. The van der Waals surface area contributed by atoms with Crippen molar-refractivity contribution < 1.29 is 4.79 Å². The lowest BCUT2D eigenvalue weighted by molar-refractivity contribution is -0.116. The summed E-state index contributed by atoms with van der Waals surface area (Å²) in [5.74, 6) is 1.02. The summed E-state index contributed by atoms with van der Waals surface area (Å²) >= 11 is 0. The Hall–Kier alpha value is -1.91. The molecule has 0 atom stereocenters. The first-order valence-corrected chi connectivity index (χ1v) is 7.70. The molecule has 2 heterocycles. The molecule has 1 aliphatic rings. The second-order valence-corrected chi connectivity index (χ2v) is 6.33. The van der Waals surface area contributed by atoms with Gasteiger partial charge >= 0.3 is 0 Å². The third kappa shape index (κ3) is 3.13. The van der Waals surface area contributed by atoms with Gasteiger partial charge in [0, 0.05) is 18.2 Å². The van der Waals surface area contributed by atoms with Crippen LogP contribution in [0.4, 0.5) is 5.95 Å². The number of hydrogen-bond donors (Lipinski definition) is 1. The molecule has 0 aromatic carbocycles. The lowest BCUT2D eigenvalue weighted by Gasteiger charge is -2.28. The third-order valence-corrected chi connectivity index (χ3v) is 3.96. The Morgan fingerprint density at radius 2 is 2.09 bits per heavy atom. The molecule has 1 amide bonds. The minimum Gasteiger partial charge on any atom is -0.296 e. The van der Waals surface area contributed by atoms with Crippen molar-refractivity contribution in [1.29, 1.82) is 0 Å². The standard InChI is InChI=1S/C16H22N4O.CH4/c1-10(2)9-14(21)19-16-18-13-8-7-11(3)17-15(13)20(16)12-5-4-6-12;/h7-8,10,12H,4-6,9H2,1-3H3,(H,18,19,21);1H4. The molecule has 0 bridgehead atoms.